The van der Waals surface area contributed by atoms with E-state index in [9.17, 15) is 0 Å². The van der Waals surface area contributed by atoms with Crippen LogP contribution in [0, 0.1) is 0 Å². The van der Waals surface area contributed by atoms with Gasteiger partial charge in [-0.15, -0.1) is 0 Å². The Morgan fingerprint density at radius 3 is 0.509 bits per heavy atom. The van der Waals surface area contributed by atoms with Gasteiger partial charge in [0, 0.05) is 10.4 Å². The van der Waals surface area contributed by atoms with Crippen LogP contribution >= 0.6 is 0 Å². The molecule has 0 aliphatic rings. The van der Waals surface area contributed by atoms with Crippen molar-refractivity contribution in [3.05, 3.63) is 0 Å². The first-order valence-corrected chi connectivity index (χ1v) is 26.5. The molecule has 0 bridgehead atoms. The molecule has 0 radical (unpaired) electrons. The zero-order valence-electron chi connectivity index (χ0n) is 38.3. The molecular formula is C49H102NO4S-. The number of unbranched alkanes of at least 4 members (excludes halogenated alkanes) is 39. The Balaban J connectivity index is 0. The van der Waals surface area contributed by atoms with Gasteiger partial charge in [0.1, 0.15) is 0 Å². The molecule has 0 aromatic heterocycles. The first-order valence-electron chi connectivity index (χ1n) is 25.2. The number of quaternary nitrogens is 1. The fraction of sp³-hybridized carbons (Fsp3) is 1.00. The molecule has 0 aliphatic heterocycles. The maximum atomic E-state index is 8.52. The van der Waals surface area contributed by atoms with Crippen molar-refractivity contribution in [2.24, 2.45) is 0 Å². The molecule has 0 N–H and O–H groups in total. The number of hydrogen-bond acceptors (Lipinski definition) is 4. The summed E-state index contributed by atoms with van der Waals surface area (Å²) in [5.74, 6) is 0. The van der Waals surface area contributed by atoms with E-state index < -0.39 is 10.4 Å². The third-order valence-corrected chi connectivity index (χ3v) is 12.2. The van der Waals surface area contributed by atoms with E-state index in [2.05, 4.69) is 27.8 Å². The standard InChI is InChI=1S/C49H102N.H2O4S/c1-5-8-11-14-17-20-23-26-29-32-35-38-41-44-47-50(4,48-45-42-39-36-33-30-27-24-21-18-15-12-9-6-2)49-46-43-40-37-34-31-28-25-22-19-16-13-10-7-3;1-5(2,3)4/h5-49H2,1-4H3;(H2,1,2,3,4)/q+1;/p-2. The Labute approximate surface area is 348 Å². The minimum absolute atomic E-state index is 1.37. The van der Waals surface area contributed by atoms with Gasteiger partial charge in [0.05, 0.1) is 26.7 Å². The summed E-state index contributed by atoms with van der Waals surface area (Å²) in [5.41, 5.74) is 0. The van der Waals surface area contributed by atoms with Gasteiger partial charge in [0.25, 0.3) is 0 Å². The van der Waals surface area contributed by atoms with Crippen LogP contribution in [0.3, 0.4) is 0 Å². The molecule has 0 heterocycles. The predicted octanol–water partition coefficient (Wildman–Crippen LogP) is 16.5. The molecule has 334 valence electrons. The molecule has 0 saturated carbocycles. The molecule has 55 heavy (non-hydrogen) atoms. The zero-order chi connectivity index (χ0) is 40.8. The van der Waals surface area contributed by atoms with E-state index in [0.29, 0.717) is 0 Å². The minimum Gasteiger partial charge on any atom is -0.759 e. The van der Waals surface area contributed by atoms with E-state index in [1.54, 1.807) is 0 Å². The summed E-state index contributed by atoms with van der Waals surface area (Å²) >= 11 is 0. The van der Waals surface area contributed by atoms with E-state index >= 15 is 0 Å². The Kier molecular flexibility index (Phi) is 48.1. The van der Waals surface area contributed by atoms with Gasteiger partial charge in [-0.05, 0) is 38.5 Å². The van der Waals surface area contributed by atoms with Gasteiger partial charge < -0.3 is 13.6 Å². The lowest BCUT2D eigenvalue weighted by Gasteiger charge is -2.35. The van der Waals surface area contributed by atoms with Gasteiger partial charge >= 0.3 is 0 Å². The summed E-state index contributed by atoms with van der Waals surface area (Å²) in [4.78, 5) is 0. The molecule has 6 heteroatoms. The Bertz CT molecular complexity index is 718. The molecular weight excluding hydrogens is 699 g/mol. The number of rotatable bonds is 45. The smallest absolute Gasteiger partial charge is 0.0784 e. The molecule has 0 rings (SSSR count). The van der Waals surface area contributed by atoms with Crippen LogP contribution in [0.5, 0.6) is 0 Å². The first-order chi connectivity index (χ1) is 26.7. The van der Waals surface area contributed by atoms with Crippen LogP contribution < -0.4 is 0 Å². The second kappa shape index (κ2) is 46.5. The lowest BCUT2D eigenvalue weighted by atomic mass is 10.0. The van der Waals surface area contributed by atoms with Crippen LogP contribution in [-0.2, 0) is 10.4 Å². The Morgan fingerprint density at radius 1 is 0.273 bits per heavy atom. The quantitative estimate of drug-likeness (QED) is 0.0266. The molecule has 5 nitrogen and oxygen atoms in total. The third-order valence-electron chi connectivity index (χ3n) is 12.2. The molecule has 0 unspecified atom stereocenters. The van der Waals surface area contributed by atoms with Crippen LogP contribution in [0.15, 0.2) is 0 Å². The van der Waals surface area contributed by atoms with Crippen molar-refractivity contribution >= 4 is 10.4 Å². The molecule has 0 atom stereocenters. The molecule has 0 saturated heterocycles. The largest absolute Gasteiger partial charge is 0.759 e. The topological polar surface area (TPSA) is 80.3 Å². The van der Waals surface area contributed by atoms with E-state index in [1.807, 2.05) is 0 Å². The predicted molar refractivity (Wildman–Crippen MR) is 242 cm³/mol. The summed E-state index contributed by atoms with van der Waals surface area (Å²) in [6, 6.07) is 0. The first kappa shape index (κ1) is 56.9. The van der Waals surface area contributed by atoms with Crippen molar-refractivity contribution in [2.75, 3.05) is 26.7 Å². The highest BCUT2D eigenvalue weighted by Crippen LogP contribution is 2.19. The monoisotopic (exact) mass is 801 g/mol. The molecule has 0 spiro atoms. The summed E-state index contributed by atoms with van der Waals surface area (Å²) in [7, 11) is -2.53. The van der Waals surface area contributed by atoms with Gasteiger partial charge in [-0.2, -0.15) is 0 Å². The Morgan fingerprint density at radius 2 is 0.382 bits per heavy atom. The van der Waals surface area contributed by atoms with Crippen molar-refractivity contribution in [1.82, 2.24) is 0 Å². The highest BCUT2D eigenvalue weighted by Gasteiger charge is 2.20. The van der Waals surface area contributed by atoms with Crippen molar-refractivity contribution in [1.29, 1.82) is 0 Å². The maximum absolute atomic E-state index is 8.52. The average Bonchev–Trinajstić information content (AvgIpc) is 3.14. The van der Waals surface area contributed by atoms with Crippen molar-refractivity contribution in [3.8, 4) is 0 Å². The van der Waals surface area contributed by atoms with Crippen LogP contribution in [0.25, 0.3) is 0 Å². The molecule has 0 aromatic carbocycles. The van der Waals surface area contributed by atoms with Crippen molar-refractivity contribution < 1.29 is 22.0 Å². The maximum Gasteiger partial charge on any atom is 0.0784 e. The van der Waals surface area contributed by atoms with Crippen LogP contribution in [0.2, 0.25) is 0 Å². The second-order valence-corrected chi connectivity index (χ2v) is 18.8. The molecule has 0 fully saturated rings. The molecule has 0 aliphatic carbocycles. The van der Waals surface area contributed by atoms with Crippen LogP contribution in [0.1, 0.15) is 290 Å². The third kappa shape index (κ3) is 56.0. The Hall–Kier alpha value is -0.170. The van der Waals surface area contributed by atoms with E-state index in [0.717, 1.165) is 0 Å². The van der Waals surface area contributed by atoms with Gasteiger partial charge in [-0.1, -0.05) is 252 Å². The SMILES string of the molecule is CCCCCCCCCCCCCCCC[N+](C)(CCCCCCCCCCCCCCCC)CCCCCCCCCCCCCCCC.O=S(=O)([O-])[O-]. The lowest BCUT2D eigenvalue weighted by Crippen LogP contribution is -2.46. The summed E-state index contributed by atoms with van der Waals surface area (Å²) < 4.78 is 35.5. The summed E-state index contributed by atoms with van der Waals surface area (Å²) in [5, 5.41) is 0. The number of hydrogen-bond donors (Lipinski definition) is 0. The van der Waals surface area contributed by atoms with Gasteiger partial charge in [0.2, 0.25) is 0 Å². The van der Waals surface area contributed by atoms with Gasteiger partial charge in [0.15, 0.2) is 0 Å². The van der Waals surface area contributed by atoms with Crippen molar-refractivity contribution in [2.45, 2.75) is 290 Å². The van der Waals surface area contributed by atoms with Gasteiger partial charge in [-0.3, -0.25) is 8.42 Å². The van der Waals surface area contributed by atoms with Crippen molar-refractivity contribution in [3.63, 3.8) is 0 Å². The normalized spacial score (nSPS) is 12.0. The fourth-order valence-electron chi connectivity index (χ4n) is 8.40. The highest BCUT2D eigenvalue weighted by atomic mass is 32.3. The van der Waals surface area contributed by atoms with Gasteiger partial charge in [-0.25, -0.2) is 0 Å². The lowest BCUT2D eigenvalue weighted by molar-refractivity contribution is -0.910. The number of nitrogens with zero attached hydrogens (tertiary/aromatic N) is 1. The zero-order valence-corrected chi connectivity index (χ0v) is 39.1. The highest BCUT2D eigenvalue weighted by molar-refractivity contribution is 7.79. The van der Waals surface area contributed by atoms with E-state index in [1.165, 1.54) is 294 Å². The fourth-order valence-corrected chi connectivity index (χ4v) is 8.40. The summed E-state index contributed by atoms with van der Waals surface area (Å²) in [6.45, 7) is 11.3. The minimum atomic E-state index is -5.17. The van der Waals surface area contributed by atoms with E-state index in [4.69, 9.17) is 17.5 Å². The molecule has 0 amide bonds. The van der Waals surface area contributed by atoms with E-state index in [-0.39, 0.29) is 0 Å². The average molecular weight is 801 g/mol. The molecule has 0 aromatic rings. The second-order valence-electron chi connectivity index (χ2n) is 18.0. The van der Waals surface area contributed by atoms with Crippen LogP contribution in [0.4, 0.5) is 0 Å². The van der Waals surface area contributed by atoms with Crippen LogP contribution in [-0.4, -0.2) is 48.7 Å². The summed E-state index contributed by atoms with van der Waals surface area (Å²) in [6.07, 6.45) is 61.7.